The molecule has 0 saturated carbocycles. The zero-order valence-corrected chi connectivity index (χ0v) is 9.91. The molecular formula is C13H16FN3. The van der Waals surface area contributed by atoms with E-state index in [0.29, 0.717) is 11.6 Å². The molecule has 1 aliphatic heterocycles. The predicted octanol–water partition coefficient (Wildman–Crippen LogP) is 1.89. The van der Waals surface area contributed by atoms with E-state index in [1.807, 2.05) is 18.0 Å². The van der Waals surface area contributed by atoms with Crippen molar-refractivity contribution in [1.82, 2.24) is 5.32 Å². The third-order valence-corrected chi connectivity index (χ3v) is 3.11. The number of nitrogens with zero attached hydrogens (tertiary/aromatic N) is 2. The van der Waals surface area contributed by atoms with Crippen molar-refractivity contribution in [3.63, 3.8) is 0 Å². The maximum atomic E-state index is 13.3. The van der Waals surface area contributed by atoms with Crippen molar-refractivity contribution in [3.8, 4) is 6.07 Å². The van der Waals surface area contributed by atoms with Crippen LogP contribution in [0.2, 0.25) is 0 Å². The highest BCUT2D eigenvalue weighted by molar-refractivity contribution is 5.51. The molecule has 0 amide bonds. The van der Waals surface area contributed by atoms with Gasteiger partial charge in [-0.2, -0.15) is 5.26 Å². The standard InChI is InChI=1S/C13H16FN3/c1-17(9-12-3-2-4-16-12)13-6-10(8-15)5-11(14)7-13/h5-7,12,16H,2-4,9H2,1H3. The first-order valence-corrected chi connectivity index (χ1v) is 5.84. The Morgan fingerprint density at radius 3 is 3.00 bits per heavy atom. The van der Waals surface area contributed by atoms with Crippen LogP contribution in [0.5, 0.6) is 0 Å². The molecule has 17 heavy (non-hydrogen) atoms. The highest BCUT2D eigenvalue weighted by Crippen LogP contribution is 2.18. The van der Waals surface area contributed by atoms with E-state index in [-0.39, 0.29) is 5.82 Å². The molecule has 1 aromatic carbocycles. The van der Waals surface area contributed by atoms with Crippen LogP contribution >= 0.6 is 0 Å². The monoisotopic (exact) mass is 233 g/mol. The van der Waals surface area contributed by atoms with Crippen molar-refractivity contribution in [3.05, 3.63) is 29.6 Å². The molecule has 1 N–H and O–H groups in total. The summed E-state index contributed by atoms with van der Waals surface area (Å²) in [5.74, 6) is -0.356. The number of benzene rings is 1. The first kappa shape index (κ1) is 11.9. The average molecular weight is 233 g/mol. The van der Waals surface area contributed by atoms with Gasteiger partial charge in [0.25, 0.3) is 0 Å². The minimum Gasteiger partial charge on any atom is -0.373 e. The highest BCUT2D eigenvalue weighted by atomic mass is 19.1. The number of anilines is 1. The molecule has 0 bridgehead atoms. The Hall–Kier alpha value is -1.60. The molecule has 1 aromatic rings. The maximum Gasteiger partial charge on any atom is 0.126 e. The lowest BCUT2D eigenvalue weighted by Crippen LogP contribution is -2.35. The topological polar surface area (TPSA) is 39.1 Å². The molecule has 1 aliphatic rings. The summed E-state index contributed by atoms with van der Waals surface area (Å²) >= 11 is 0. The first-order chi connectivity index (χ1) is 8.19. The Bertz CT molecular complexity index is 433. The SMILES string of the molecule is CN(CC1CCCN1)c1cc(F)cc(C#N)c1. The van der Waals surface area contributed by atoms with E-state index < -0.39 is 0 Å². The van der Waals surface area contributed by atoms with Gasteiger partial charge >= 0.3 is 0 Å². The van der Waals surface area contributed by atoms with Crippen LogP contribution in [-0.2, 0) is 0 Å². The van der Waals surface area contributed by atoms with Gasteiger partial charge in [-0.25, -0.2) is 4.39 Å². The van der Waals surface area contributed by atoms with Crippen molar-refractivity contribution in [2.75, 3.05) is 25.0 Å². The highest BCUT2D eigenvalue weighted by Gasteiger charge is 2.16. The van der Waals surface area contributed by atoms with Crippen LogP contribution in [0.15, 0.2) is 18.2 Å². The number of nitriles is 1. The molecule has 0 aliphatic carbocycles. The number of hydrogen-bond donors (Lipinski definition) is 1. The van der Waals surface area contributed by atoms with E-state index in [0.717, 1.165) is 25.2 Å². The fourth-order valence-corrected chi connectivity index (χ4v) is 2.21. The molecule has 1 unspecified atom stereocenters. The van der Waals surface area contributed by atoms with Gasteiger partial charge in [0.05, 0.1) is 11.6 Å². The van der Waals surface area contributed by atoms with Crippen LogP contribution in [-0.4, -0.2) is 26.2 Å². The van der Waals surface area contributed by atoms with Crippen LogP contribution in [0.1, 0.15) is 18.4 Å². The molecule has 1 atom stereocenters. The lowest BCUT2D eigenvalue weighted by Gasteiger charge is -2.23. The van der Waals surface area contributed by atoms with E-state index in [2.05, 4.69) is 5.32 Å². The van der Waals surface area contributed by atoms with Crippen LogP contribution in [0.25, 0.3) is 0 Å². The van der Waals surface area contributed by atoms with Gasteiger partial charge in [0.15, 0.2) is 0 Å². The largest absolute Gasteiger partial charge is 0.373 e. The number of likely N-dealkylation sites (N-methyl/N-ethyl adjacent to an activating group) is 1. The summed E-state index contributed by atoms with van der Waals surface area (Å²) in [6.45, 7) is 1.90. The minimum atomic E-state index is -0.356. The summed E-state index contributed by atoms with van der Waals surface area (Å²) < 4.78 is 13.3. The molecular weight excluding hydrogens is 217 g/mol. The van der Waals surface area contributed by atoms with Gasteiger partial charge in [-0.05, 0) is 37.6 Å². The van der Waals surface area contributed by atoms with Gasteiger partial charge in [-0.3, -0.25) is 0 Å². The predicted molar refractivity (Wildman–Crippen MR) is 65.4 cm³/mol. The van der Waals surface area contributed by atoms with Gasteiger partial charge in [0.2, 0.25) is 0 Å². The van der Waals surface area contributed by atoms with Gasteiger partial charge in [-0.1, -0.05) is 0 Å². The summed E-state index contributed by atoms with van der Waals surface area (Å²) in [4.78, 5) is 1.99. The summed E-state index contributed by atoms with van der Waals surface area (Å²) in [5.41, 5.74) is 1.13. The summed E-state index contributed by atoms with van der Waals surface area (Å²) in [6.07, 6.45) is 2.36. The number of halogens is 1. The van der Waals surface area contributed by atoms with Gasteiger partial charge < -0.3 is 10.2 Å². The molecule has 3 nitrogen and oxygen atoms in total. The van der Waals surface area contributed by atoms with Crippen LogP contribution in [0, 0.1) is 17.1 Å². The van der Waals surface area contributed by atoms with Crippen molar-refractivity contribution >= 4 is 5.69 Å². The lowest BCUT2D eigenvalue weighted by molar-refractivity contribution is 0.596. The Morgan fingerprint density at radius 1 is 1.53 bits per heavy atom. The van der Waals surface area contributed by atoms with Crippen molar-refractivity contribution in [1.29, 1.82) is 5.26 Å². The van der Waals surface area contributed by atoms with E-state index in [1.165, 1.54) is 18.6 Å². The smallest absolute Gasteiger partial charge is 0.126 e. The number of nitrogens with one attached hydrogen (secondary N) is 1. The van der Waals surface area contributed by atoms with E-state index in [1.54, 1.807) is 6.07 Å². The zero-order valence-electron chi connectivity index (χ0n) is 9.91. The number of hydrogen-bond acceptors (Lipinski definition) is 3. The van der Waals surface area contributed by atoms with Crippen molar-refractivity contribution in [2.45, 2.75) is 18.9 Å². The Kier molecular flexibility index (Phi) is 3.60. The molecule has 2 rings (SSSR count). The molecule has 0 spiro atoms. The summed E-state index contributed by atoms with van der Waals surface area (Å²) in [6, 6.07) is 6.88. The van der Waals surface area contributed by atoms with Crippen LogP contribution in [0.4, 0.5) is 10.1 Å². The van der Waals surface area contributed by atoms with Crippen LogP contribution < -0.4 is 10.2 Å². The molecule has 1 fully saturated rings. The second-order valence-corrected chi connectivity index (χ2v) is 4.48. The lowest BCUT2D eigenvalue weighted by atomic mass is 10.1. The minimum absolute atomic E-state index is 0.356. The molecule has 1 heterocycles. The fourth-order valence-electron chi connectivity index (χ4n) is 2.21. The molecule has 1 saturated heterocycles. The number of rotatable bonds is 3. The summed E-state index contributed by atoms with van der Waals surface area (Å²) in [5, 5.41) is 12.2. The third kappa shape index (κ3) is 2.95. The second kappa shape index (κ2) is 5.15. The van der Waals surface area contributed by atoms with Crippen LogP contribution in [0.3, 0.4) is 0 Å². The average Bonchev–Trinajstić information content (AvgIpc) is 2.81. The molecule has 0 radical (unpaired) electrons. The Labute approximate surface area is 101 Å². The Balaban J connectivity index is 2.10. The molecule has 4 heteroatoms. The fraction of sp³-hybridized carbons (Fsp3) is 0.462. The molecule has 0 aromatic heterocycles. The van der Waals surface area contributed by atoms with Gasteiger partial charge in [-0.15, -0.1) is 0 Å². The third-order valence-electron chi connectivity index (χ3n) is 3.11. The maximum absolute atomic E-state index is 13.3. The zero-order chi connectivity index (χ0) is 12.3. The first-order valence-electron chi connectivity index (χ1n) is 5.84. The summed E-state index contributed by atoms with van der Waals surface area (Å²) in [7, 11) is 1.93. The Morgan fingerprint density at radius 2 is 2.35 bits per heavy atom. The molecule has 90 valence electrons. The van der Waals surface area contributed by atoms with E-state index >= 15 is 0 Å². The van der Waals surface area contributed by atoms with Crippen molar-refractivity contribution < 1.29 is 4.39 Å². The van der Waals surface area contributed by atoms with Gasteiger partial charge in [0, 0.05) is 25.3 Å². The van der Waals surface area contributed by atoms with E-state index in [9.17, 15) is 4.39 Å². The second-order valence-electron chi connectivity index (χ2n) is 4.48. The normalized spacial score (nSPS) is 19.0. The quantitative estimate of drug-likeness (QED) is 0.866. The van der Waals surface area contributed by atoms with Crippen molar-refractivity contribution in [2.24, 2.45) is 0 Å². The van der Waals surface area contributed by atoms with Gasteiger partial charge in [0.1, 0.15) is 5.82 Å². The van der Waals surface area contributed by atoms with E-state index in [4.69, 9.17) is 5.26 Å².